The Kier molecular flexibility index (Phi) is 2.14. The quantitative estimate of drug-likeness (QED) is 0.593. The molecule has 4 rings (SSSR count). The number of rotatable bonds is 2. The van der Waals surface area contributed by atoms with Crippen molar-refractivity contribution in [3.8, 4) is 0 Å². The van der Waals surface area contributed by atoms with Crippen LogP contribution in [0.5, 0.6) is 0 Å². The highest BCUT2D eigenvalue weighted by atomic mass is 15.3. The third-order valence-corrected chi connectivity index (χ3v) is 3.37. The maximum absolute atomic E-state index is 4.26. The largest absolute Gasteiger partial charge is 0.305 e. The molecule has 0 bridgehead atoms. The van der Waals surface area contributed by atoms with Gasteiger partial charge in [-0.1, -0.05) is 30.3 Å². The van der Waals surface area contributed by atoms with Crippen LogP contribution in [0.1, 0.15) is 5.56 Å². The maximum Gasteiger partial charge on any atom is 0.116 e. The average molecular weight is 248 g/mol. The molecule has 0 spiro atoms. The summed E-state index contributed by atoms with van der Waals surface area (Å²) in [4.78, 5) is 8.49. The molecule has 0 saturated carbocycles. The van der Waals surface area contributed by atoms with Crippen molar-refractivity contribution < 1.29 is 0 Å². The van der Waals surface area contributed by atoms with E-state index in [2.05, 4.69) is 56.1 Å². The fraction of sp³-hybridized carbons (Fsp3) is 0.0667. The molecule has 4 heteroatoms. The zero-order valence-electron chi connectivity index (χ0n) is 10.2. The molecule has 4 aromatic rings. The minimum atomic E-state index is 0.823. The van der Waals surface area contributed by atoms with Gasteiger partial charge in [0.2, 0.25) is 0 Å². The van der Waals surface area contributed by atoms with Crippen LogP contribution in [0.2, 0.25) is 0 Å². The summed E-state index contributed by atoms with van der Waals surface area (Å²) in [5.41, 5.74) is 4.30. The van der Waals surface area contributed by atoms with E-state index in [0.29, 0.717) is 0 Å². The lowest BCUT2D eigenvalue weighted by molar-refractivity contribution is 0.712. The molecule has 0 unspecified atom stereocenters. The van der Waals surface area contributed by atoms with E-state index in [1.165, 1.54) is 5.56 Å². The first-order valence-electron chi connectivity index (χ1n) is 6.22. The second kappa shape index (κ2) is 3.95. The van der Waals surface area contributed by atoms with Crippen molar-refractivity contribution >= 4 is 21.9 Å². The molecule has 0 saturated heterocycles. The highest BCUT2D eigenvalue weighted by Gasteiger charge is 2.06. The summed E-state index contributed by atoms with van der Waals surface area (Å²) < 4.78 is 2.12. The highest BCUT2D eigenvalue weighted by Crippen LogP contribution is 2.20. The van der Waals surface area contributed by atoms with E-state index in [4.69, 9.17) is 0 Å². The van der Waals surface area contributed by atoms with Gasteiger partial charge < -0.3 is 5.10 Å². The lowest BCUT2D eigenvalue weighted by Gasteiger charge is -2.05. The summed E-state index contributed by atoms with van der Waals surface area (Å²) in [7, 11) is 0. The molecular formula is C15H12N4. The Morgan fingerprint density at radius 2 is 1.79 bits per heavy atom. The average Bonchev–Trinajstić information content (AvgIpc) is 3.05. The van der Waals surface area contributed by atoms with Gasteiger partial charge in [0.05, 0.1) is 23.1 Å². The Bertz CT molecular complexity index is 842. The molecule has 0 aliphatic carbocycles. The molecule has 0 atom stereocenters. The number of benzene rings is 2. The van der Waals surface area contributed by atoms with Crippen LogP contribution in [0.4, 0.5) is 0 Å². The lowest BCUT2D eigenvalue weighted by Crippen LogP contribution is -2.00. The molecule has 2 aromatic heterocycles. The predicted octanol–water partition coefficient (Wildman–Crippen LogP) is 2.96. The van der Waals surface area contributed by atoms with Crippen LogP contribution in [-0.2, 0) is 6.54 Å². The number of nitrogens with one attached hydrogen (secondary N) is 1. The Labute approximate surface area is 109 Å². The van der Waals surface area contributed by atoms with Crippen LogP contribution >= 0.6 is 0 Å². The highest BCUT2D eigenvalue weighted by molar-refractivity contribution is 5.92. The molecule has 0 aliphatic rings. The molecule has 19 heavy (non-hydrogen) atoms. The number of aromatic amines is 1. The minimum absolute atomic E-state index is 0.823. The van der Waals surface area contributed by atoms with Crippen LogP contribution < -0.4 is 0 Å². The van der Waals surface area contributed by atoms with E-state index in [1.54, 1.807) is 6.33 Å². The Hall–Kier alpha value is -2.62. The first-order valence-corrected chi connectivity index (χ1v) is 6.22. The van der Waals surface area contributed by atoms with Crippen LogP contribution in [0.25, 0.3) is 21.9 Å². The normalized spacial score (nSPS) is 11.4. The molecule has 0 amide bonds. The van der Waals surface area contributed by atoms with Gasteiger partial charge in [-0.15, -0.1) is 0 Å². The van der Waals surface area contributed by atoms with Crippen molar-refractivity contribution in [2.24, 2.45) is 0 Å². The van der Waals surface area contributed by atoms with Gasteiger partial charge in [-0.2, -0.15) is 0 Å². The SMILES string of the molecule is c1ccc(Cn2[nH]cc3cc4ncnc4cc32)cc1. The van der Waals surface area contributed by atoms with Gasteiger partial charge in [-0.25, -0.2) is 9.97 Å². The van der Waals surface area contributed by atoms with Gasteiger partial charge in [0.15, 0.2) is 0 Å². The van der Waals surface area contributed by atoms with Crippen molar-refractivity contribution in [3.63, 3.8) is 0 Å². The van der Waals surface area contributed by atoms with E-state index in [0.717, 1.165) is 28.5 Å². The summed E-state index contributed by atoms with van der Waals surface area (Å²) >= 11 is 0. The number of fused-ring (bicyclic) bond motifs is 2. The fourth-order valence-electron chi connectivity index (χ4n) is 2.41. The van der Waals surface area contributed by atoms with Crippen LogP contribution in [0.15, 0.2) is 55.0 Å². The maximum atomic E-state index is 4.26. The molecule has 92 valence electrons. The number of hydrogen-bond donors (Lipinski definition) is 1. The summed E-state index contributed by atoms with van der Waals surface area (Å²) in [6.07, 6.45) is 3.61. The molecule has 2 aromatic carbocycles. The summed E-state index contributed by atoms with van der Waals surface area (Å²) in [6.45, 7) is 0.823. The zero-order chi connectivity index (χ0) is 12.7. The number of H-pyrrole nitrogens is 1. The minimum Gasteiger partial charge on any atom is -0.305 e. The van der Waals surface area contributed by atoms with E-state index >= 15 is 0 Å². The van der Waals surface area contributed by atoms with Crippen LogP contribution in [-0.4, -0.2) is 19.7 Å². The second-order valence-corrected chi connectivity index (χ2v) is 4.62. The van der Waals surface area contributed by atoms with Gasteiger partial charge in [0.1, 0.15) is 6.33 Å². The Morgan fingerprint density at radius 1 is 1.00 bits per heavy atom. The van der Waals surface area contributed by atoms with Crippen molar-refractivity contribution in [3.05, 3.63) is 60.6 Å². The number of imidazole rings is 1. The fourth-order valence-corrected chi connectivity index (χ4v) is 2.41. The smallest absolute Gasteiger partial charge is 0.116 e. The molecule has 2 heterocycles. The molecular weight excluding hydrogens is 236 g/mol. The number of hydrogen-bond acceptors (Lipinski definition) is 2. The molecule has 0 fully saturated rings. The van der Waals surface area contributed by atoms with Crippen molar-refractivity contribution in [1.29, 1.82) is 0 Å². The topological polar surface area (TPSA) is 46.5 Å². The van der Waals surface area contributed by atoms with E-state index in [-0.39, 0.29) is 0 Å². The molecule has 0 radical (unpaired) electrons. The van der Waals surface area contributed by atoms with Gasteiger partial charge in [0, 0.05) is 11.6 Å². The van der Waals surface area contributed by atoms with E-state index in [1.807, 2.05) is 12.3 Å². The second-order valence-electron chi connectivity index (χ2n) is 4.62. The van der Waals surface area contributed by atoms with Crippen molar-refractivity contribution in [2.45, 2.75) is 6.54 Å². The van der Waals surface area contributed by atoms with Crippen LogP contribution in [0.3, 0.4) is 0 Å². The summed E-state index contributed by atoms with van der Waals surface area (Å²) in [5.74, 6) is 0. The molecule has 4 nitrogen and oxygen atoms in total. The van der Waals surface area contributed by atoms with E-state index in [9.17, 15) is 0 Å². The third-order valence-electron chi connectivity index (χ3n) is 3.37. The van der Waals surface area contributed by atoms with Gasteiger partial charge >= 0.3 is 0 Å². The predicted molar refractivity (Wildman–Crippen MR) is 74.9 cm³/mol. The lowest BCUT2D eigenvalue weighted by atomic mass is 10.2. The van der Waals surface area contributed by atoms with Gasteiger partial charge in [-0.3, -0.25) is 4.68 Å². The Morgan fingerprint density at radius 3 is 2.63 bits per heavy atom. The first-order chi connectivity index (χ1) is 9.40. The molecule has 1 N–H and O–H groups in total. The zero-order valence-corrected chi connectivity index (χ0v) is 10.2. The van der Waals surface area contributed by atoms with Crippen molar-refractivity contribution in [2.75, 3.05) is 0 Å². The standard InChI is InChI=1S/C15H12N4/c1-2-4-11(5-3-1)9-19-15-7-14-13(16-10-17-14)6-12(15)8-18-19/h1-8,10,18H,9H2. The van der Waals surface area contributed by atoms with Crippen molar-refractivity contribution in [1.82, 2.24) is 19.7 Å². The number of aromatic nitrogens is 4. The first kappa shape index (κ1) is 10.3. The summed E-state index contributed by atoms with van der Waals surface area (Å²) in [6, 6.07) is 14.5. The third kappa shape index (κ3) is 1.69. The number of nitrogens with zero attached hydrogens (tertiary/aromatic N) is 3. The van der Waals surface area contributed by atoms with Gasteiger partial charge in [-0.05, 0) is 17.7 Å². The van der Waals surface area contributed by atoms with E-state index < -0.39 is 0 Å². The van der Waals surface area contributed by atoms with Gasteiger partial charge in [0.25, 0.3) is 0 Å². The summed E-state index contributed by atoms with van der Waals surface area (Å²) in [5, 5.41) is 4.44. The van der Waals surface area contributed by atoms with Crippen LogP contribution in [0, 0.1) is 0 Å². The monoisotopic (exact) mass is 248 g/mol. The molecule has 0 aliphatic heterocycles. The Balaban J connectivity index is 1.85.